The van der Waals surface area contributed by atoms with E-state index in [2.05, 4.69) is 15.1 Å². The Labute approximate surface area is 189 Å². The maximum Gasteiger partial charge on any atom is 0.406 e. The number of carbonyl (C=O) groups excluding carboxylic acids is 2. The van der Waals surface area contributed by atoms with E-state index in [0.717, 1.165) is 23.9 Å². The second kappa shape index (κ2) is 8.50. The van der Waals surface area contributed by atoms with Gasteiger partial charge in [0.2, 0.25) is 11.9 Å². The van der Waals surface area contributed by atoms with Gasteiger partial charge in [0.1, 0.15) is 18.8 Å². The van der Waals surface area contributed by atoms with Gasteiger partial charge < -0.3 is 15.5 Å². The molecule has 180 valence electrons. The van der Waals surface area contributed by atoms with Crippen molar-refractivity contribution < 1.29 is 31.5 Å². The van der Waals surface area contributed by atoms with Crippen LogP contribution in [0.5, 0.6) is 0 Å². The van der Waals surface area contributed by atoms with Crippen molar-refractivity contribution in [3.63, 3.8) is 0 Å². The molecule has 0 atom stereocenters. The van der Waals surface area contributed by atoms with Crippen molar-refractivity contribution in [2.45, 2.75) is 18.6 Å². The lowest BCUT2D eigenvalue weighted by molar-refractivity contribution is -0.158. The van der Waals surface area contributed by atoms with Gasteiger partial charge in [0.25, 0.3) is 5.91 Å². The number of likely N-dealkylation sites (N-methyl/N-ethyl adjacent to an activating group) is 1. The molecule has 4 rings (SSSR count). The summed E-state index contributed by atoms with van der Waals surface area (Å²) in [6.07, 6.45) is -3.25. The lowest BCUT2D eigenvalue weighted by Gasteiger charge is -2.38. The summed E-state index contributed by atoms with van der Waals surface area (Å²) in [5.74, 6) is -4.09. The number of rotatable bonds is 5. The van der Waals surface area contributed by atoms with Crippen molar-refractivity contribution >= 4 is 28.7 Å². The Morgan fingerprint density at radius 2 is 1.88 bits per heavy atom. The standard InChI is InChI=1S/C20H18F5N7O2/c1-30(9-20(23,24)25)16(33)8-32-15-5-13(22)12(21)4-11(15)17(29-32)10-6-31(7-10)18(34)14-2-3-27-19(26)28-14/h2-5,10H,6-9H2,1H3,(H2,26,27,28). The summed E-state index contributed by atoms with van der Waals surface area (Å²) >= 11 is 0. The number of likely N-dealkylation sites (tertiary alicyclic amines) is 1. The molecule has 0 aliphatic carbocycles. The minimum absolute atomic E-state index is 0.0519. The minimum Gasteiger partial charge on any atom is -0.368 e. The van der Waals surface area contributed by atoms with Gasteiger partial charge in [0.05, 0.1) is 11.2 Å². The molecule has 2 aromatic heterocycles. The van der Waals surface area contributed by atoms with Gasteiger partial charge in [-0.25, -0.2) is 18.7 Å². The maximum absolute atomic E-state index is 14.0. The molecule has 0 saturated carbocycles. The number of nitrogens with zero attached hydrogens (tertiary/aromatic N) is 6. The molecule has 2 N–H and O–H groups in total. The van der Waals surface area contributed by atoms with Crippen LogP contribution in [0, 0.1) is 11.6 Å². The Bertz CT molecular complexity index is 1270. The second-order valence-electron chi connectivity index (χ2n) is 7.90. The quantitative estimate of drug-likeness (QED) is 0.556. The zero-order valence-corrected chi connectivity index (χ0v) is 17.7. The van der Waals surface area contributed by atoms with Gasteiger partial charge in [-0.3, -0.25) is 14.3 Å². The first-order valence-corrected chi connectivity index (χ1v) is 9.97. The summed E-state index contributed by atoms with van der Waals surface area (Å²) in [5.41, 5.74) is 5.94. The number of benzene rings is 1. The first-order chi connectivity index (χ1) is 15.9. The van der Waals surface area contributed by atoms with Crippen molar-refractivity contribution in [1.82, 2.24) is 29.5 Å². The smallest absolute Gasteiger partial charge is 0.368 e. The molecule has 0 spiro atoms. The normalized spacial score (nSPS) is 14.4. The number of carbonyl (C=O) groups is 2. The third kappa shape index (κ3) is 4.61. The number of alkyl halides is 3. The minimum atomic E-state index is -4.59. The molecule has 0 unspecified atom stereocenters. The van der Waals surface area contributed by atoms with Crippen molar-refractivity contribution in [3.8, 4) is 0 Å². The average Bonchev–Trinajstić information content (AvgIpc) is 3.02. The molecule has 2 amide bonds. The summed E-state index contributed by atoms with van der Waals surface area (Å²) in [6, 6.07) is 3.16. The number of amides is 2. The van der Waals surface area contributed by atoms with E-state index in [9.17, 15) is 31.5 Å². The highest BCUT2D eigenvalue weighted by atomic mass is 19.4. The van der Waals surface area contributed by atoms with E-state index in [-0.39, 0.29) is 41.6 Å². The van der Waals surface area contributed by atoms with Crippen molar-refractivity contribution in [1.29, 1.82) is 0 Å². The Hall–Kier alpha value is -3.84. The molecule has 3 heterocycles. The Kier molecular flexibility index (Phi) is 5.83. The lowest BCUT2D eigenvalue weighted by Crippen LogP contribution is -2.49. The highest BCUT2D eigenvalue weighted by molar-refractivity contribution is 5.93. The zero-order chi connectivity index (χ0) is 24.8. The third-order valence-electron chi connectivity index (χ3n) is 5.40. The SMILES string of the molecule is CN(CC(F)(F)F)C(=O)Cn1nc(C2CN(C(=O)c3ccnc(N)n3)C2)c2cc(F)c(F)cc21. The number of hydrogen-bond acceptors (Lipinski definition) is 6. The number of hydrogen-bond donors (Lipinski definition) is 1. The molecule has 14 heteroatoms. The van der Waals surface area contributed by atoms with E-state index >= 15 is 0 Å². The molecule has 34 heavy (non-hydrogen) atoms. The highest BCUT2D eigenvalue weighted by Crippen LogP contribution is 2.33. The number of anilines is 1. The molecule has 1 saturated heterocycles. The van der Waals surface area contributed by atoms with Gasteiger partial charge in [-0.1, -0.05) is 0 Å². The average molecular weight is 483 g/mol. The van der Waals surface area contributed by atoms with E-state index < -0.39 is 42.7 Å². The fraction of sp³-hybridized carbons (Fsp3) is 0.350. The number of halogens is 5. The summed E-state index contributed by atoms with van der Waals surface area (Å²) in [5, 5.41) is 4.47. The van der Waals surface area contributed by atoms with Gasteiger partial charge in [-0.05, 0) is 12.1 Å². The molecule has 9 nitrogen and oxygen atoms in total. The van der Waals surface area contributed by atoms with Crippen LogP contribution in [-0.4, -0.2) is 74.2 Å². The van der Waals surface area contributed by atoms with Crippen LogP contribution in [0.1, 0.15) is 22.1 Å². The first-order valence-electron chi connectivity index (χ1n) is 9.97. The van der Waals surface area contributed by atoms with Crippen LogP contribution in [0.4, 0.5) is 27.9 Å². The van der Waals surface area contributed by atoms with Crippen LogP contribution in [-0.2, 0) is 11.3 Å². The lowest BCUT2D eigenvalue weighted by atomic mass is 9.93. The Balaban J connectivity index is 1.57. The Morgan fingerprint density at radius 3 is 2.53 bits per heavy atom. The zero-order valence-electron chi connectivity index (χ0n) is 17.7. The number of nitrogen functional groups attached to an aromatic ring is 1. The molecule has 1 aliphatic rings. The van der Waals surface area contributed by atoms with Crippen LogP contribution in [0.2, 0.25) is 0 Å². The third-order valence-corrected chi connectivity index (χ3v) is 5.40. The van der Waals surface area contributed by atoms with Gasteiger partial charge in [0, 0.05) is 43.7 Å². The summed E-state index contributed by atoms with van der Waals surface area (Å²) in [6.45, 7) is -1.72. The summed E-state index contributed by atoms with van der Waals surface area (Å²) in [7, 11) is 0.984. The van der Waals surface area contributed by atoms with E-state index in [4.69, 9.17) is 5.73 Å². The van der Waals surface area contributed by atoms with E-state index in [1.54, 1.807) is 0 Å². The maximum atomic E-state index is 14.0. The largest absolute Gasteiger partial charge is 0.406 e. The second-order valence-corrected chi connectivity index (χ2v) is 7.90. The highest BCUT2D eigenvalue weighted by Gasteiger charge is 2.37. The Morgan fingerprint density at radius 1 is 1.21 bits per heavy atom. The number of fused-ring (bicyclic) bond motifs is 1. The molecule has 3 aromatic rings. The van der Waals surface area contributed by atoms with Gasteiger partial charge >= 0.3 is 6.18 Å². The number of nitrogens with two attached hydrogens (primary N) is 1. The van der Waals surface area contributed by atoms with Crippen molar-refractivity contribution in [3.05, 3.63) is 47.4 Å². The van der Waals surface area contributed by atoms with Crippen molar-refractivity contribution in [2.24, 2.45) is 0 Å². The fourth-order valence-corrected chi connectivity index (χ4v) is 3.69. The van der Waals surface area contributed by atoms with Crippen molar-refractivity contribution in [2.75, 3.05) is 32.4 Å². The van der Waals surface area contributed by atoms with Crippen LogP contribution >= 0.6 is 0 Å². The van der Waals surface area contributed by atoms with Gasteiger partial charge in [-0.2, -0.15) is 18.3 Å². The van der Waals surface area contributed by atoms with E-state index in [1.165, 1.54) is 17.2 Å². The van der Waals surface area contributed by atoms with E-state index in [1.807, 2.05) is 0 Å². The van der Waals surface area contributed by atoms with Gasteiger partial charge in [0.15, 0.2) is 11.6 Å². The van der Waals surface area contributed by atoms with Crippen LogP contribution in [0.25, 0.3) is 10.9 Å². The predicted octanol–water partition coefficient (Wildman–Crippen LogP) is 1.95. The molecule has 0 bridgehead atoms. The first kappa shape index (κ1) is 23.3. The molecule has 1 aromatic carbocycles. The van der Waals surface area contributed by atoms with E-state index in [0.29, 0.717) is 10.6 Å². The molecular formula is C20H18F5N7O2. The monoisotopic (exact) mass is 483 g/mol. The molecular weight excluding hydrogens is 465 g/mol. The number of aromatic nitrogens is 4. The molecule has 1 fully saturated rings. The van der Waals surface area contributed by atoms with Crippen LogP contribution in [0.15, 0.2) is 24.4 Å². The molecule has 1 aliphatic heterocycles. The van der Waals surface area contributed by atoms with Gasteiger partial charge in [-0.15, -0.1) is 0 Å². The molecule has 0 radical (unpaired) electrons. The summed E-state index contributed by atoms with van der Waals surface area (Å²) in [4.78, 5) is 34.4. The topological polar surface area (TPSA) is 110 Å². The van der Waals surface area contributed by atoms with Crippen LogP contribution < -0.4 is 5.73 Å². The summed E-state index contributed by atoms with van der Waals surface area (Å²) < 4.78 is 66.7. The fourth-order valence-electron chi connectivity index (χ4n) is 3.69. The van der Waals surface area contributed by atoms with Crippen LogP contribution in [0.3, 0.4) is 0 Å². The predicted molar refractivity (Wildman–Crippen MR) is 108 cm³/mol.